The predicted molar refractivity (Wildman–Crippen MR) is 107 cm³/mol. The Morgan fingerprint density at radius 1 is 1.30 bits per heavy atom. The zero-order valence-electron chi connectivity index (χ0n) is 12.0. The van der Waals surface area contributed by atoms with E-state index in [1.54, 1.807) is 36.8 Å². The average molecular weight is 533 g/mol. The third-order valence-corrected chi connectivity index (χ3v) is 4.29. The average Bonchev–Trinajstić information content (AvgIpc) is 2.55. The second-order valence-electron chi connectivity index (χ2n) is 4.35. The molecular weight excluding hydrogens is 520 g/mol. The number of aromatic nitrogens is 1. The SMILES string of the molecule is C=CCOc1c(I)cc(/C=N\NC(=O)c2ccncc2)cc1I. The molecule has 5 nitrogen and oxygen atoms in total. The maximum absolute atomic E-state index is 11.9. The van der Waals surface area contributed by atoms with Gasteiger partial charge < -0.3 is 4.74 Å². The molecule has 0 atom stereocenters. The van der Waals surface area contributed by atoms with Gasteiger partial charge in [0, 0.05) is 18.0 Å². The zero-order valence-corrected chi connectivity index (χ0v) is 16.3. The van der Waals surface area contributed by atoms with Crippen molar-refractivity contribution in [2.45, 2.75) is 0 Å². The molecule has 2 aromatic rings. The molecule has 0 aliphatic carbocycles. The molecule has 2 rings (SSSR count). The Balaban J connectivity index is 2.05. The highest BCUT2D eigenvalue weighted by atomic mass is 127. The monoisotopic (exact) mass is 533 g/mol. The van der Waals surface area contributed by atoms with Gasteiger partial charge in [0.15, 0.2) is 0 Å². The predicted octanol–water partition coefficient (Wildman–Crippen LogP) is 3.62. The number of halogens is 2. The van der Waals surface area contributed by atoms with Crippen molar-refractivity contribution in [3.05, 3.63) is 67.6 Å². The lowest BCUT2D eigenvalue weighted by Crippen LogP contribution is -2.17. The topological polar surface area (TPSA) is 63.6 Å². The molecule has 0 spiro atoms. The fourth-order valence-electron chi connectivity index (χ4n) is 1.67. The summed E-state index contributed by atoms with van der Waals surface area (Å²) in [5.41, 5.74) is 3.87. The second kappa shape index (κ2) is 8.96. The molecule has 23 heavy (non-hydrogen) atoms. The zero-order chi connectivity index (χ0) is 16.7. The van der Waals surface area contributed by atoms with Crippen LogP contribution in [0.1, 0.15) is 15.9 Å². The molecular formula is C16H13I2N3O2. The summed E-state index contributed by atoms with van der Waals surface area (Å²) in [6, 6.07) is 7.12. The first kappa shape index (κ1) is 17.9. The molecule has 0 unspecified atom stereocenters. The van der Waals surface area contributed by atoms with E-state index >= 15 is 0 Å². The highest BCUT2D eigenvalue weighted by Crippen LogP contribution is 2.28. The van der Waals surface area contributed by atoms with Crippen LogP contribution in [0, 0.1) is 7.14 Å². The van der Waals surface area contributed by atoms with E-state index in [0.717, 1.165) is 18.5 Å². The minimum atomic E-state index is -0.279. The minimum Gasteiger partial charge on any atom is -0.487 e. The van der Waals surface area contributed by atoms with Gasteiger partial charge >= 0.3 is 0 Å². The van der Waals surface area contributed by atoms with Crippen molar-refractivity contribution in [1.29, 1.82) is 0 Å². The molecule has 118 valence electrons. The molecule has 0 radical (unpaired) electrons. The summed E-state index contributed by atoms with van der Waals surface area (Å²) in [6.07, 6.45) is 6.42. The van der Waals surface area contributed by atoms with Crippen molar-refractivity contribution < 1.29 is 9.53 Å². The van der Waals surface area contributed by atoms with Gasteiger partial charge in [0.1, 0.15) is 12.4 Å². The van der Waals surface area contributed by atoms with Crippen LogP contribution < -0.4 is 10.2 Å². The van der Waals surface area contributed by atoms with E-state index < -0.39 is 0 Å². The lowest BCUT2D eigenvalue weighted by molar-refractivity contribution is 0.0955. The number of nitrogens with one attached hydrogen (secondary N) is 1. The van der Waals surface area contributed by atoms with Crippen LogP contribution in [0.25, 0.3) is 0 Å². The van der Waals surface area contributed by atoms with Crippen molar-refractivity contribution in [3.8, 4) is 5.75 Å². The molecule has 0 saturated carbocycles. The standard InChI is InChI=1S/C16H13I2N3O2/c1-2-7-23-15-13(17)8-11(9-14(15)18)10-20-21-16(22)12-3-5-19-6-4-12/h2-6,8-10H,1,7H2,(H,21,22)/b20-10-. The molecule has 0 saturated heterocycles. The molecule has 1 aromatic carbocycles. The van der Waals surface area contributed by atoms with Crippen molar-refractivity contribution in [1.82, 2.24) is 10.4 Å². The van der Waals surface area contributed by atoms with Crippen molar-refractivity contribution in [2.75, 3.05) is 6.61 Å². The summed E-state index contributed by atoms with van der Waals surface area (Å²) in [5.74, 6) is 0.544. The van der Waals surface area contributed by atoms with E-state index in [1.807, 2.05) is 12.1 Å². The summed E-state index contributed by atoms with van der Waals surface area (Å²) in [7, 11) is 0. The van der Waals surface area contributed by atoms with Crippen LogP contribution in [-0.2, 0) is 0 Å². The van der Waals surface area contributed by atoms with Gasteiger partial charge in [-0.2, -0.15) is 5.10 Å². The summed E-state index contributed by atoms with van der Waals surface area (Å²) in [4.78, 5) is 15.7. The Hall–Kier alpha value is -1.49. The van der Waals surface area contributed by atoms with Gasteiger partial charge in [0.2, 0.25) is 0 Å². The molecule has 1 amide bonds. The smallest absolute Gasteiger partial charge is 0.271 e. The number of carbonyl (C=O) groups excluding carboxylic acids is 1. The van der Waals surface area contributed by atoms with Crippen LogP contribution in [0.3, 0.4) is 0 Å². The fourth-order valence-corrected chi connectivity index (χ4v) is 3.80. The van der Waals surface area contributed by atoms with Gasteiger partial charge in [0.05, 0.1) is 13.4 Å². The van der Waals surface area contributed by atoms with Gasteiger partial charge in [-0.1, -0.05) is 12.7 Å². The number of hydrogen-bond donors (Lipinski definition) is 1. The Bertz CT molecular complexity index is 710. The maximum atomic E-state index is 11.9. The molecule has 0 aliphatic rings. The van der Waals surface area contributed by atoms with Gasteiger partial charge in [-0.15, -0.1) is 0 Å². The first-order valence-electron chi connectivity index (χ1n) is 6.58. The van der Waals surface area contributed by atoms with Crippen LogP contribution in [-0.4, -0.2) is 23.7 Å². The number of carbonyl (C=O) groups is 1. The Kier molecular flexibility index (Phi) is 6.96. The van der Waals surface area contributed by atoms with Crippen molar-refractivity contribution in [2.24, 2.45) is 5.10 Å². The largest absolute Gasteiger partial charge is 0.487 e. The fraction of sp³-hybridized carbons (Fsp3) is 0.0625. The van der Waals surface area contributed by atoms with Gasteiger partial charge in [-0.05, 0) is 75.0 Å². The maximum Gasteiger partial charge on any atom is 0.271 e. The lowest BCUT2D eigenvalue weighted by atomic mass is 10.2. The van der Waals surface area contributed by atoms with Crippen LogP contribution >= 0.6 is 45.2 Å². The van der Waals surface area contributed by atoms with Crippen LogP contribution in [0.4, 0.5) is 0 Å². The number of rotatable bonds is 6. The van der Waals surface area contributed by atoms with E-state index in [0.29, 0.717) is 12.2 Å². The summed E-state index contributed by atoms with van der Waals surface area (Å²) >= 11 is 4.41. The number of pyridine rings is 1. The van der Waals surface area contributed by atoms with Crippen LogP contribution in [0.15, 0.2) is 54.4 Å². The quantitative estimate of drug-likeness (QED) is 0.267. The molecule has 0 bridgehead atoms. The molecule has 0 fully saturated rings. The summed E-state index contributed by atoms with van der Waals surface area (Å²) in [6.45, 7) is 4.10. The minimum absolute atomic E-state index is 0.279. The van der Waals surface area contributed by atoms with Crippen molar-refractivity contribution in [3.63, 3.8) is 0 Å². The second-order valence-corrected chi connectivity index (χ2v) is 6.67. The number of ether oxygens (including phenoxy) is 1. The summed E-state index contributed by atoms with van der Waals surface area (Å²) in [5, 5.41) is 3.98. The summed E-state index contributed by atoms with van der Waals surface area (Å²) < 4.78 is 7.56. The number of hydrogen-bond acceptors (Lipinski definition) is 4. The Morgan fingerprint density at radius 2 is 1.96 bits per heavy atom. The van der Waals surface area contributed by atoms with E-state index in [9.17, 15) is 4.79 Å². The highest BCUT2D eigenvalue weighted by Gasteiger charge is 2.08. The third kappa shape index (κ3) is 5.27. The van der Waals surface area contributed by atoms with E-state index in [1.165, 1.54) is 0 Å². The normalized spacial score (nSPS) is 10.5. The molecule has 1 aromatic heterocycles. The molecule has 7 heteroatoms. The van der Waals surface area contributed by atoms with Crippen LogP contribution in [0.5, 0.6) is 5.75 Å². The number of hydrazone groups is 1. The molecule has 0 aliphatic heterocycles. The van der Waals surface area contributed by atoms with Gasteiger partial charge in [0.25, 0.3) is 5.91 Å². The van der Waals surface area contributed by atoms with Gasteiger partial charge in [-0.25, -0.2) is 5.43 Å². The highest BCUT2D eigenvalue weighted by molar-refractivity contribution is 14.1. The Labute approximate surface area is 161 Å². The number of amides is 1. The van der Waals surface area contributed by atoms with Crippen LogP contribution in [0.2, 0.25) is 0 Å². The Morgan fingerprint density at radius 3 is 2.57 bits per heavy atom. The number of benzene rings is 1. The van der Waals surface area contributed by atoms with Crippen molar-refractivity contribution >= 4 is 57.3 Å². The lowest BCUT2D eigenvalue weighted by Gasteiger charge is -2.09. The first-order valence-corrected chi connectivity index (χ1v) is 8.73. The van der Waals surface area contributed by atoms with E-state index in [4.69, 9.17) is 4.74 Å². The first-order chi connectivity index (χ1) is 11.1. The molecule has 1 N–H and O–H groups in total. The van der Waals surface area contributed by atoms with E-state index in [-0.39, 0.29) is 5.91 Å². The number of nitrogens with zero attached hydrogens (tertiary/aromatic N) is 2. The molecule has 1 heterocycles. The van der Waals surface area contributed by atoms with E-state index in [2.05, 4.69) is 67.3 Å². The van der Waals surface area contributed by atoms with Gasteiger partial charge in [-0.3, -0.25) is 9.78 Å². The third-order valence-electron chi connectivity index (χ3n) is 2.69.